The Labute approximate surface area is 195 Å². The van der Waals surface area contributed by atoms with Crippen molar-refractivity contribution in [2.45, 2.75) is 53.1 Å². The van der Waals surface area contributed by atoms with E-state index in [2.05, 4.69) is 29.2 Å². The van der Waals surface area contributed by atoms with E-state index in [-0.39, 0.29) is 47.5 Å². The first kappa shape index (κ1) is 28.6. The smallest absolute Gasteiger partial charge is 0.387 e. The van der Waals surface area contributed by atoms with E-state index < -0.39 is 6.61 Å². The molecule has 0 atom stereocenters. The fraction of sp³-hybridized carbons (Fsp3) is 0.667. The third-order valence-corrected chi connectivity index (χ3v) is 5.21. The van der Waals surface area contributed by atoms with Crippen LogP contribution in [0.2, 0.25) is 0 Å². The van der Waals surface area contributed by atoms with Gasteiger partial charge in [0.25, 0.3) is 0 Å². The first-order valence-corrected chi connectivity index (χ1v) is 10.2. The van der Waals surface area contributed by atoms with Crippen molar-refractivity contribution in [3.05, 3.63) is 23.8 Å². The second kappa shape index (κ2) is 15.4. The van der Waals surface area contributed by atoms with E-state index in [4.69, 9.17) is 9.73 Å². The molecular formula is C21H36F2IN3O3. The van der Waals surface area contributed by atoms with Gasteiger partial charge in [0.15, 0.2) is 17.5 Å². The summed E-state index contributed by atoms with van der Waals surface area (Å²) in [5.74, 6) is 1.01. The molecule has 0 heterocycles. The van der Waals surface area contributed by atoms with Crippen LogP contribution in [0.3, 0.4) is 0 Å². The summed E-state index contributed by atoms with van der Waals surface area (Å²) in [6, 6.07) is 5.01. The third-order valence-electron chi connectivity index (χ3n) is 5.21. The summed E-state index contributed by atoms with van der Waals surface area (Å²) >= 11 is 0. The number of hydrogen-bond acceptors (Lipinski definition) is 4. The zero-order chi connectivity index (χ0) is 21.7. The number of alkyl halides is 2. The minimum absolute atomic E-state index is 0. The Morgan fingerprint density at radius 3 is 2.40 bits per heavy atom. The van der Waals surface area contributed by atoms with Gasteiger partial charge in [-0.05, 0) is 55.7 Å². The van der Waals surface area contributed by atoms with Gasteiger partial charge in [0.1, 0.15) is 0 Å². The molecule has 0 saturated heterocycles. The molecule has 1 rings (SSSR count). The fourth-order valence-corrected chi connectivity index (χ4v) is 3.12. The van der Waals surface area contributed by atoms with Gasteiger partial charge < -0.3 is 25.2 Å². The van der Waals surface area contributed by atoms with Crippen molar-refractivity contribution in [3.63, 3.8) is 0 Å². The maximum Gasteiger partial charge on any atom is 0.387 e. The number of methoxy groups -OCH3 is 1. The SMILES string of the molecule is CCNC(=NCC(CC)(CC)CCO)NCCc1ccc(OC)c(OC(F)F)c1.I. The average molecular weight is 543 g/mol. The average Bonchev–Trinajstić information content (AvgIpc) is 2.71. The predicted molar refractivity (Wildman–Crippen MR) is 127 cm³/mol. The molecule has 3 N–H and O–H groups in total. The normalized spacial score (nSPS) is 11.8. The van der Waals surface area contributed by atoms with Crippen molar-refractivity contribution in [1.29, 1.82) is 0 Å². The number of hydrogen-bond donors (Lipinski definition) is 3. The molecule has 9 heteroatoms. The summed E-state index contributed by atoms with van der Waals surface area (Å²) in [5, 5.41) is 15.9. The summed E-state index contributed by atoms with van der Waals surface area (Å²) in [6.07, 6.45) is 3.23. The number of benzene rings is 1. The molecule has 0 aliphatic rings. The first-order valence-electron chi connectivity index (χ1n) is 10.2. The molecule has 0 fully saturated rings. The standard InChI is InChI=1S/C21H35F2N3O3.HI/c1-5-21(6-2,11-13-27)15-26-20(24-7-3)25-12-10-16-8-9-17(28-4)18(14-16)29-19(22)23;/h8-9,14,19,27H,5-7,10-13,15H2,1-4H3,(H2,24,25,26);1H. The molecule has 0 aliphatic carbocycles. The van der Waals surface area contributed by atoms with Crippen LogP contribution in [0.1, 0.15) is 45.6 Å². The summed E-state index contributed by atoms with van der Waals surface area (Å²) in [5.41, 5.74) is 0.843. The highest BCUT2D eigenvalue weighted by Crippen LogP contribution is 2.31. The van der Waals surface area contributed by atoms with Crippen molar-refractivity contribution in [2.75, 3.05) is 33.4 Å². The molecular weight excluding hydrogens is 507 g/mol. The van der Waals surface area contributed by atoms with Crippen LogP contribution in [-0.2, 0) is 6.42 Å². The van der Waals surface area contributed by atoms with Gasteiger partial charge in [-0.25, -0.2) is 0 Å². The summed E-state index contributed by atoms with van der Waals surface area (Å²) < 4.78 is 34.7. The van der Waals surface area contributed by atoms with E-state index in [0.717, 1.165) is 31.4 Å². The van der Waals surface area contributed by atoms with Crippen molar-refractivity contribution >= 4 is 29.9 Å². The number of aliphatic hydroxyl groups is 1. The number of nitrogens with one attached hydrogen (secondary N) is 2. The maximum absolute atomic E-state index is 12.6. The van der Waals surface area contributed by atoms with Crippen LogP contribution in [0.15, 0.2) is 23.2 Å². The van der Waals surface area contributed by atoms with Crippen LogP contribution in [0.25, 0.3) is 0 Å². The molecule has 0 bridgehead atoms. The van der Waals surface area contributed by atoms with Crippen molar-refractivity contribution in [3.8, 4) is 11.5 Å². The highest BCUT2D eigenvalue weighted by atomic mass is 127. The zero-order valence-electron chi connectivity index (χ0n) is 18.3. The molecule has 1 aromatic carbocycles. The summed E-state index contributed by atoms with van der Waals surface area (Å²) in [6.45, 7) is 5.43. The van der Waals surface area contributed by atoms with Crippen molar-refractivity contribution < 1.29 is 23.4 Å². The summed E-state index contributed by atoms with van der Waals surface area (Å²) in [7, 11) is 1.41. The Morgan fingerprint density at radius 2 is 1.87 bits per heavy atom. The Kier molecular flexibility index (Phi) is 14.7. The van der Waals surface area contributed by atoms with Crippen LogP contribution in [-0.4, -0.2) is 51.0 Å². The first-order chi connectivity index (χ1) is 13.9. The van der Waals surface area contributed by atoms with Crippen LogP contribution in [0, 0.1) is 5.41 Å². The lowest BCUT2D eigenvalue weighted by atomic mass is 9.79. The monoisotopic (exact) mass is 543 g/mol. The molecule has 0 saturated carbocycles. The maximum atomic E-state index is 12.6. The number of aliphatic hydroxyl groups excluding tert-OH is 1. The molecule has 0 radical (unpaired) electrons. The van der Waals surface area contributed by atoms with Gasteiger partial charge in [-0.1, -0.05) is 19.9 Å². The quantitative estimate of drug-likeness (QED) is 0.198. The van der Waals surface area contributed by atoms with Crippen LogP contribution in [0.5, 0.6) is 11.5 Å². The van der Waals surface area contributed by atoms with Crippen LogP contribution in [0.4, 0.5) is 8.78 Å². The molecule has 0 spiro atoms. The lowest BCUT2D eigenvalue weighted by Crippen LogP contribution is -2.39. The number of nitrogens with zero attached hydrogens (tertiary/aromatic N) is 1. The molecule has 0 unspecified atom stereocenters. The van der Waals surface area contributed by atoms with Gasteiger partial charge in [-0.3, -0.25) is 4.99 Å². The van der Waals surface area contributed by atoms with Crippen molar-refractivity contribution in [2.24, 2.45) is 10.4 Å². The molecule has 0 aromatic heterocycles. The number of rotatable bonds is 13. The van der Waals surface area contributed by atoms with Gasteiger partial charge in [0, 0.05) is 26.2 Å². The van der Waals surface area contributed by atoms with Crippen LogP contribution >= 0.6 is 24.0 Å². The molecule has 30 heavy (non-hydrogen) atoms. The Bertz CT molecular complexity index is 630. The van der Waals surface area contributed by atoms with Gasteiger partial charge in [-0.15, -0.1) is 24.0 Å². The highest BCUT2D eigenvalue weighted by molar-refractivity contribution is 14.0. The second-order valence-electron chi connectivity index (χ2n) is 6.92. The van der Waals surface area contributed by atoms with Crippen molar-refractivity contribution in [1.82, 2.24) is 10.6 Å². The predicted octanol–water partition coefficient (Wildman–Crippen LogP) is 4.20. The van der Waals surface area contributed by atoms with Gasteiger partial charge in [0.05, 0.1) is 7.11 Å². The Hall–Kier alpha value is -1.36. The van der Waals surface area contributed by atoms with E-state index in [1.54, 1.807) is 12.1 Å². The largest absolute Gasteiger partial charge is 0.493 e. The topological polar surface area (TPSA) is 75.1 Å². The van der Waals surface area contributed by atoms with Gasteiger partial charge in [-0.2, -0.15) is 8.78 Å². The lowest BCUT2D eigenvalue weighted by molar-refractivity contribution is -0.0512. The molecule has 0 amide bonds. The van der Waals surface area contributed by atoms with Gasteiger partial charge in [0.2, 0.25) is 0 Å². The number of aliphatic imine (C=N–C) groups is 1. The Morgan fingerprint density at radius 1 is 1.17 bits per heavy atom. The molecule has 1 aromatic rings. The Balaban J connectivity index is 0.00000841. The molecule has 174 valence electrons. The van der Waals surface area contributed by atoms with E-state index >= 15 is 0 Å². The minimum Gasteiger partial charge on any atom is -0.493 e. The zero-order valence-corrected chi connectivity index (χ0v) is 20.7. The fourth-order valence-electron chi connectivity index (χ4n) is 3.12. The highest BCUT2D eigenvalue weighted by Gasteiger charge is 2.25. The second-order valence-corrected chi connectivity index (χ2v) is 6.92. The number of guanidine groups is 1. The van der Waals surface area contributed by atoms with E-state index in [1.165, 1.54) is 7.11 Å². The van der Waals surface area contributed by atoms with E-state index in [1.807, 2.05) is 13.0 Å². The number of ether oxygens (including phenoxy) is 2. The van der Waals surface area contributed by atoms with Crippen LogP contribution < -0.4 is 20.1 Å². The molecule has 0 aliphatic heterocycles. The minimum atomic E-state index is -2.90. The summed E-state index contributed by atoms with van der Waals surface area (Å²) in [4.78, 5) is 4.70. The molecule has 6 nitrogen and oxygen atoms in total. The van der Waals surface area contributed by atoms with Gasteiger partial charge >= 0.3 is 6.61 Å². The van der Waals surface area contributed by atoms with E-state index in [0.29, 0.717) is 25.5 Å². The van der Waals surface area contributed by atoms with E-state index in [9.17, 15) is 13.9 Å². The lowest BCUT2D eigenvalue weighted by Gasteiger charge is -2.29. The number of halogens is 3. The third kappa shape index (κ3) is 9.63.